The molecule has 4 nitrogen and oxygen atoms in total. The Balaban J connectivity index is 1.83. The van der Waals surface area contributed by atoms with Crippen molar-refractivity contribution in [2.75, 3.05) is 5.73 Å². The van der Waals surface area contributed by atoms with Crippen LogP contribution in [0.1, 0.15) is 28.9 Å². The fourth-order valence-corrected chi connectivity index (χ4v) is 2.66. The Labute approximate surface area is 126 Å². The minimum atomic E-state index is 0.0138. The van der Waals surface area contributed by atoms with E-state index < -0.39 is 0 Å². The molecule has 1 heterocycles. The van der Waals surface area contributed by atoms with Gasteiger partial charge in [-0.3, -0.25) is 4.79 Å². The number of hydrogen-bond acceptors (Lipinski definition) is 2. The summed E-state index contributed by atoms with van der Waals surface area (Å²) < 4.78 is 1.03. The molecule has 20 heavy (non-hydrogen) atoms. The van der Waals surface area contributed by atoms with Crippen molar-refractivity contribution in [1.82, 2.24) is 9.88 Å². The number of nitrogens with one attached hydrogen (secondary N) is 1. The molecule has 0 bridgehead atoms. The summed E-state index contributed by atoms with van der Waals surface area (Å²) in [4.78, 5) is 17.4. The molecule has 0 saturated heterocycles. The minimum absolute atomic E-state index is 0.0138. The summed E-state index contributed by atoms with van der Waals surface area (Å²) in [7, 11) is 0. The van der Waals surface area contributed by atoms with Crippen LogP contribution in [0.3, 0.4) is 0 Å². The molecule has 3 N–H and O–H groups in total. The minimum Gasteiger partial charge on any atom is -0.397 e. The maximum atomic E-state index is 12.6. The van der Waals surface area contributed by atoms with E-state index in [9.17, 15) is 4.79 Å². The number of amides is 1. The average Bonchev–Trinajstić information content (AvgIpc) is 3.18. The molecule has 1 aromatic carbocycles. The van der Waals surface area contributed by atoms with Crippen molar-refractivity contribution >= 4 is 27.5 Å². The Morgan fingerprint density at radius 2 is 2.15 bits per heavy atom. The predicted molar refractivity (Wildman–Crippen MR) is 82.2 cm³/mol. The average molecular weight is 334 g/mol. The van der Waals surface area contributed by atoms with E-state index in [1.807, 2.05) is 29.2 Å². The molecule has 5 heteroatoms. The van der Waals surface area contributed by atoms with Crippen molar-refractivity contribution in [2.45, 2.75) is 25.4 Å². The van der Waals surface area contributed by atoms with Crippen molar-refractivity contribution in [3.63, 3.8) is 0 Å². The Morgan fingerprint density at radius 3 is 2.75 bits per heavy atom. The summed E-state index contributed by atoms with van der Waals surface area (Å²) in [6, 6.07) is 10.0. The number of benzene rings is 1. The van der Waals surface area contributed by atoms with E-state index in [0.29, 0.717) is 24.0 Å². The lowest BCUT2D eigenvalue weighted by Crippen LogP contribution is -2.32. The van der Waals surface area contributed by atoms with Gasteiger partial charge in [0.15, 0.2) is 0 Å². The SMILES string of the molecule is Nc1c[nH]c(C(=O)N(Cc2ccccc2Br)C2CC2)c1. The first kappa shape index (κ1) is 13.2. The van der Waals surface area contributed by atoms with Gasteiger partial charge in [0.1, 0.15) is 5.69 Å². The quantitative estimate of drug-likeness (QED) is 0.902. The fraction of sp³-hybridized carbons (Fsp3) is 0.267. The predicted octanol–water partition coefficient (Wildman–Crippen LogP) is 3.16. The first-order valence-corrected chi connectivity index (χ1v) is 7.42. The number of nitrogens with zero attached hydrogens (tertiary/aromatic N) is 1. The van der Waals surface area contributed by atoms with Crippen LogP contribution in [0.15, 0.2) is 41.0 Å². The topological polar surface area (TPSA) is 62.1 Å². The first-order chi connectivity index (χ1) is 9.65. The summed E-state index contributed by atoms with van der Waals surface area (Å²) in [6.45, 7) is 0.615. The zero-order chi connectivity index (χ0) is 14.1. The number of H-pyrrole nitrogens is 1. The summed E-state index contributed by atoms with van der Waals surface area (Å²) >= 11 is 3.54. The molecule has 0 radical (unpaired) electrons. The zero-order valence-corrected chi connectivity index (χ0v) is 12.6. The van der Waals surface area contributed by atoms with Crippen molar-refractivity contribution in [3.05, 3.63) is 52.3 Å². The lowest BCUT2D eigenvalue weighted by Gasteiger charge is -2.22. The largest absolute Gasteiger partial charge is 0.397 e. The smallest absolute Gasteiger partial charge is 0.270 e. The van der Waals surface area contributed by atoms with Crippen LogP contribution in [0.2, 0.25) is 0 Å². The molecule has 1 amide bonds. The molecule has 104 valence electrons. The summed E-state index contributed by atoms with van der Waals surface area (Å²) in [5.74, 6) is 0.0138. The molecule has 1 aliphatic rings. The van der Waals surface area contributed by atoms with Crippen LogP contribution in [0.25, 0.3) is 0 Å². The fourth-order valence-electron chi connectivity index (χ4n) is 2.25. The van der Waals surface area contributed by atoms with E-state index in [0.717, 1.165) is 22.9 Å². The van der Waals surface area contributed by atoms with Gasteiger partial charge in [0.2, 0.25) is 0 Å². The van der Waals surface area contributed by atoms with Crippen LogP contribution in [0.4, 0.5) is 5.69 Å². The molecule has 1 aromatic heterocycles. The number of rotatable bonds is 4. The number of hydrogen-bond donors (Lipinski definition) is 2. The second kappa shape index (κ2) is 5.32. The van der Waals surface area contributed by atoms with Gasteiger partial charge in [-0.25, -0.2) is 0 Å². The monoisotopic (exact) mass is 333 g/mol. The van der Waals surface area contributed by atoms with Gasteiger partial charge in [-0.1, -0.05) is 34.1 Å². The number of anilines is 1. The number of aromatic nitrogens is 1. The maximum absolute atomic E-state index is 12.6. The second-order valence-electron chi connectivity index (χ2n) is 5.10. The molecule has 0 spiro atoms. The van der Waals surface area contributed by atoms with Gasteiger partial charge in [-0.05, 0) is 30.5 Å². The Kier molecular flexibility index (Phi) is 3.53. The Bertz CT molecular complexity index is 634. The van der Waals surface area contributed by atoms with Crippen LogP contribution in [-0.4, -0.2) is 21.8 Å². The van der Waals surface area contributed by atoms with Crippen molar-refractivity contribution in [2.24, 2.45) is 0 Å². The molecule has 3 rings (SSSR count). The highest BCUT2D eigenvalue weighted by Crippen LogP contribution is 2.31. The Hall–Kier alpha value is -1.75. The van der Waals surface area contributed by atoms with Crippen LogP contribution in [-0.2, 0) is 6.54 Å². The van der Waals surface area contributed by atoms with E-state index in [1.54, 1.807) is 12.3 Å². The number of nitrogens with two attached hydrogens (primary N) is 1. The van der Waals surface area contributed by atoms with Gasteiger partial charge in [-0.2, -0.15) is 0 Å². The normalized spacial score (nSPS) is 14.2. The van der Waals surface area contributed by atoms with Crippen LogP contribution in [0, 0.1) is 0 Å². The zero-order valence-electron chi connectivity index (χ0n) is 11.0. The van der Waals surface area contributed by atoms with Crippen molar-refractivity contribution in [1.29, 1.82) is 0 Å². The van der Waals surface area contributed by atoms with Crippen LogP contribution in [0.5, 0.6) is 0 Å². The van der Waals surface area contributed by atoms with Crippen molar-refractivity contribution < 1.29 is 4.79 Å². The van der Waals surface area contributed by atoms with Crippen molar-refractivity contribution in [3.8, 4) is 0 Å². The number of nitrogen functional groups attached to an aromatic ring is 1. The lowest BCUT2D eigenvalue weighted by molar-refractivity contribution is 0.0724. The lowest BCUT2D eigenvalue weighted by atomic mass is 10.2. The molecule has 2 aromatic rings. The summed E-state index contributed by atoms with van der Waals surface area (Å²) in [5, 5.41) is 0. The van der Waals surface area contributed by atoms with Crippen LogP contribution >= 0.6 is 15.9 Å². The standard InChI is InChI=1S/C15H16BrN3O/c16-13-4-2-1-3-10(13)9-19(12-5-6-12)15(20)14-7-11(17)8-18-14/h1-4,7-8,12,18H,5-6,9,17H2. The molecule has 1 fully saturated rings. The van der Waals surface area contributed by atoms with Gasteiger partial charge >= 0.3 is 0 Å². The highest BCUT2D eigenvalue weighted by molar-refractivity contribution is 9.10. The molecule has 0 aliphatic heterocycles. The second-order valence-corrected chi connectivity index (χ2v) is 5.96. The number of aromatic amines is 1. The van der Waals surface area contributed by atoms with E-state index >= 15 is 0 Å². The van der Waals surface area contributed by atoms with E-state index in [4.69, 9.17) is 5.73 Å². The first-order valence-electron chi connectivity index (χ1n) is 6.63. The molecule has 1 saturated carbocycles. The summed E-state index contributed by atoms with van der Waals surface area (Å²) in [6.07, 6.45) is 3.80. The maximum Gasteiger partial charge on any atom is 0.270 e. The van der Waals surface area contributed by atoms with Gasteiger partial charge in [-0.15, -0.1) is 0 Å². The number of carbonyl (C=O) groups is 1. The van der Waals surface area contributed by atoms with E-state index in [2.05, 4.69) is 20.9 Å². The highest BCUT2D eigenvalue weighted by Gasteiger charge is 2.33. The number of carbonyl (C=O) groups excluding carboxylic acids is 1. The summed E-state index contributed by atoms with van der Waals surface area (Å²) in [5.41, 5.74) is 7.94. The third kappa shape index (κ3) is 2.72. The van der Waals surface area contributed by atoms with Gasteiger partial charge in [0.05, 0.1) is 0 Å². The van der Waals surface area contributed by atoms with E-state index in [1.165, 1.54) is 0 Å². The molecular formula is C15H16BrN3O. The van der Waals surface area contributed by atoms with Gasteiger partial charge in [0.25, 0.3) is 5.91 Å². The highest BCUT2D eigenvalue weighted by atomic mass is 79.9. The molecule has 1 aliphatic carbocycles. The number of halogens is 1. The molecular weight excluding hydrogens is 318 g/mol. The van der Waals surface area contributed by atoms with Crippen LogP contribution < -0.4 is 5.73 Å². The third-order valence-corrected chi connectivity index (χ3v) is 4.26. The van der Waals surface area contributed by atoms with E-state index in [-0.39, 0.29) is 5.91 Å². The van der Waals surface area contributed by atoms with Gasteiger partial charge < -0.3 is 15.6 Å². The Morgan fingerprint density at radius 1 is 1.40 bits per heavy atom. The molecule has 0 unspecified atom stereocenters. The van der Waals surface area contributed by atoms with Gasteiger partial charge in [0, 0.05) is 28.9 Å². The molecule has 0 atom stereocenters. The third-order valence-electron chi connectivity index (χ3n) is 3.48.